The van der Waals surface area contributed by atoms with Crippen molar-refractivity contribution in [3.8, 4) is 0 Å². The predicted molar refractivity (Wildman–Crippen MR) is 69.8 cm³/mol. The Labute approximate surface area is 114 Å². The molecule has 0 aliphatic heterocycles. The van der Waals surface area contributed by atoms with Crippen molar-refractivity contribution in [3.63, 3.8) is 0 Å². The van der Waals surface area contributed by atoms with Gasteiger partial charge >= 0.3 is 0 Å². The Hall–Kier alpha value is -0.940. The number of rotatable bonds is 4. The van der Waals surface area contributed by atoms with Crippen LogP contribution in [0.15, 0.2) is 22.7 Å². The van der Waals surface area contributed by atoms with Gasteiger partial charge in [0, 0.05) is 4.47 Å². The second-order valence-corrected chi connectivity index (χ2v) is 5.84. The monoisotopic (exact) mass is 315 g/mol. The minimum absolute atomic E-state index is 0.00954. The van der Waals surface area contributed by atoms with Gasteiger partial charge in [-0.25, -0.2) is 4.39 Å². The zero-order valence-corrected chi connectivity index (χ0v) is 11.6. The summed E-state index contributed by atoms with van der Waals surface area (Å²) in [6, 6.07) is 4.22. The van der Waals surface area contributed by atoms with Crippen LogP contribution in [0.4, 0.5) is 4.39 Å². The summed E-state index contributed by atoms with van der Waals surface area (Å²) < 4.78 is 14.2. The number of hydrogen-bond donors (Lipinski definition) is 2. The Morgan fingerprint density at radius 2 is 2.28 bits per heavy atom. The van der Waals surface area contributed by atoms with Crippen LogP contribution in [0, 0.1) is 11.7 Å². The zero-order valence-electron chi connectivity index (χ0n) is 10.0. The van der Waals surface area contributed by atoms with E-state index < -0.39 is 17.3 Å². The van der Waals surface area contributed by atoms with Gasteiger partial charge in [-0.05, 0) is 43.9 Å². The fourth-order valence-electron chi connectivity index (χ4n) is 1.99. The van der Waals surface area contributed by atoms with Gasteiger partial charge in [0.25, 0.3) is 5.91 Å². The lowest BCUT2D eigenvalue weighted by atomic mass is 9.96. The molecule has 1 amide bonds. The third-order valence-electron chi connectivity index (χ3n) is 3.38. The van der Waals surface area contributed by atoms with Crippen molar-refractivity contribution < 1.29 is 14.3 Å². The van der Waals surface area contributed by atoms with E-state index >= 15 is 0 Å². The maximum absolute atomic E-state index is 13.6. The van der Waals surface area contributed by atoms with Gasteiger partial charge < -0.3 is 10.4 Å². The van der Waals surface area contributed by atoms with Crippen molar-refractivity contribution in [1.29, 1.82) is 0 Å². The SMILES string of the molecule is CC(CO)(NC(=O)c1cc(Br)ccc1F)C1CC1. The first-order chi connectivity index (χ1) is 8.46. The number of aliphatic hydroxyl groups is 1. The van der Waals surface area contributed by atoms with Crippen LogP contribution in [-0.4, -0.2) is 23.2 Å². The van der Waals surface area contributed by atoms with Crippen LogP contribution in [0.1, 0.15) is 30.1 Å². The highest BCUT2D eigenvalue weighted by atomic mass is 79.9. The van der Waals surface area contributed by atoms with Crippen molar-refractivity contribution >= 4 is 21.8 Å². The summed E-state index contributed by atoms with van der Waals surface area (Å²) in [5.74, 6) is -0.772. The average molecular weight is 316 g/mol. The summed E-state index contributed by atoms with van der Waals surface area (Å²) in [6.45, 7) is 1.65. The van der Waals surface area contributed by atoms with E-state index in [1.807, 2.05) is 0 Å². The molecule has 1 aromatic carbocycles. The van der Waals surface area contributed by atoms with Gasteiger partial charge in [0.05, 0.1) is 17.7 Å². The first-order valence-corrected chi connectivity index (χ1v) is 6.64. The normalized spacial score (nSPS) is 18.2. The molecule has 2 N–H and O–H groups in total. The zero-order chi connectivity index (χ0) is 13.3. The second kappa shape index (κ2) is 4.97. The number of halogens is 2. The minimum Gasteiger partial charge on any atom is -0.394 e. The molecule has 1 aliphatic carbocycles. The Bertz CT molecular complexity index is 476. The summed E-state index contributed by atoms with van der Waals surface area (Å²) in [5.41, 5.74) is -0.670. The lowest BCUT2D eigenvalue weighted by Crippen LogP contribution is -2.50. The van der Waals surface area contributed by atoms with E-state index in [0.717, 1.165) is 12.8 Å². The molecule has 1 aliphatic rings. The van der Waals surface area contributed by atoms with E-state index in [0.29, 0.717) is 4.47 Å². The molecule has 0 bridgehead atoms. The molecule has 0 spiro atoms. The molecule has 0 aromatic heterocycles. The molecule has 18 heavy (non-hydrogen) atoms. The van der Waals surface area contributed by atoms with Gasteiger partial charge in [-0.1, -0.05) is 15.9 Å². The number of carbonyl (C=O) groups is 1. The number of amides is 1. The van der Waals surface area contributed by atoms with Crippen LogP contribution >= 0.6 is 15.9 Å². The van der Waals surface area contributed by atoms with E-state index in [4.69, 9.17) is 0 Å². The molecule has 2 rings (SSSR count). The van der Waals surface area contributed by atoms with E-state index in [1.165, 1.54) is 18.2 Å². The molecule has 0 saturated heterocycles. The second-order valence-electron chi connectivity index (χ2n) is 4.93. The van der Waals surface area contributed by atoms with Gasteiger partial charge in [0.2, 0.25) is 0 Å². The molecule has 0 radical (unpaired) electrons. The van der Waals surface area contributed by atoms with Crippen molar-refractivity contribution in [3.05, 3.63) is 34.1 Å². The fraction of sp³-hybridized carbons (Fsp3) is 0.462. The number of carbonyl (C=O) groups excluding carboxylic acids is 1. The van der Waals surface area contributed by atoms with E-state index in [-0.39, 0.29) is 18.1 Å². The van der Waals surface area contributed by atoms with Crippen LogP contribution in [0.3, 0.4) is 0 Å². The van der Waals surface area contributed by atoms with Crippen LogP contribution < -0.4 is 5.32 Å². The van der Waals surface area contributed by atoms with Gasteiger partial charge in [-0.15, -0.1) is 0 Å². The molecule has 98 valence electrons. The maximum Gasteiger partial charge on any atom is 0.254 e. The predicted octanol–water partition coefficient (Wildman–Crippen LogP) is 2.48. The molecule has 1 aromatic rings. The first-order valence-electron chi connectivity index (χ1n) is 5.85. The van der Waals surface area contributed by atoms with E-state index in [1.54, 1.807) is 6.92 Å². The number of aliphatic hydroxyl groups excluding tert-OH is 1. The van der Waals surface area contributed by atoms with Gasteiger partial charge in [0.1, 0.15) is 5.82 Å². The molecule has 1 unspecified atom stereocenters. The molecule has 0 heterocycles. The third-order valence-corrected chi connectivity index (χ3v) is 3.87. The van der Waals surface area contributed by atoms with Crippen LogP contribution in [0.2, 0.25) is 0 Å². The van der Waals surface area contributed by atoms with E-state index in [2.05, 4.69) is 21.2 Å². The molecule has 3 nitrogen and oxygen atoms in total. The summed E-state index contributed by atoms with van der Waals surface area (Å²) >= 11 is 3.21. The lowest BCUT2D eigenvalue weighted by molar-refractivity contribution is 0.0820. The van der Waals surface area contributed by atoms with Crippen LogP contribution in [0.25, 0.3) is 0 Å². The minimum atomic E-state index is -0.661. The fourth-order valence-corrected chi connectivity index (χ4v) is 2.35. The molecule has 1 fully saturated rings. The summed E-state index contributed by atoms with van der Waals surface area (Å²) in [5, 5.41) is 12.1. The van der Waals surface area contributed by atoms with Gasteiger partial charge in [-0.3, -0.25) is 4.79 Å². The number of nitrogens with one attached hydrogen (secondary N) is 1. The van der Waals surface area contributed by atoms with Gasteiger partial charge in [0.15, 0.2) is 0 Å². The first kappa shape index (κ1) is 13.5. The Morgan fingerprint density at radius 1 is 1.61 bits per heavy atom. The topological polar surface area (TPSA) is 49.3 Å². The van der Waals surface area contributed by atoms with Crippen molar-refractivity contribution in [1.82, 2.24) is 5.32 Å². The molecule has 1 atom stereocenters. The standard InChI is InChI=1S/C13H15BrFNO2/c1-13(7-17,8-2-3-8)16-12(18)10-6-9(14)4-5-11(10)15/h4-6,8,17H,2-3,7H2,1H3,(H,16,18). The molecule has 1 saturated carbocycles. The summed E-state index contributed by atoms with van der Waals surface area (Å²) in [4.78, 5) is 12.0. The quantitative estimate of drug-likeness (QED) is 0.896. The molecular weight excluding hydrogens is 301 g/mol. The number of hydrogen-bond acceptors (Lipinski definition) is 2. The van der Waals surface area contributed by atoms with E-state index in [9.17, 15) is 14.3 Å². The molecular formula is C13H15BrFNO2. The largest absolute Gasteiger partial charge is 0.394 e. The molecule has 5 heteroatoms. The van der Waals surface area contributed by atoms with Crippen molar-refractivity contribution in [2.24, 2.45) is 5.92 Å². The van der Waals surface area contributed by atoms with Crippen LogP contribution in [-0.2, 0) is 0 Å². The smallest absolute Gasteiger partial charge is 0.254 e. The Balaban J connectivity index is 2.18. The maximum atomic E-state index is 13.6. The van der Waals surface area contributed by atoms with Crippen molar-refractivity contribution in [2.45, 2.75) is 25.3 Å². The highest BCUT2D eigenvalue weighted by Gasteiger charge is 2.42. The Morgan fingerprint density at radius 3 is 2.83 bits per heavy atom. The highest BCUT2D eigenvalue weighted by Crippen LogP contribution is 2.39. The lowest BCUT2D eigenvalue weighted by Gasteiger charge is -2.28. The summed E-state index contributed by atoms with van der Waals surface area (Å²) in [7, 11) is 0. The summed E-state index contributed by atoms with van der Waals surface area (Å²) in [6.07, 6.45) is 1.97. The van der Waals surface area contributed by atoms with Gasteiger partial charge in [-0.2, -0.15) is 0 Å². The third kappa shape index (κ3) is 2.72. The van der Waals surface area contributed by atoms with Crippen LogP contribution in [0.5, 0.6) is 0 Å². The van der Waals surface area contributed by atoms with Crippen molar-refractivity contribution in [2.75, 3.05) is 6.61 Å². The Kier molecular flexibility index (Phi) is 3.73. The average Bonchev–Trinajstić information content (AvgIpc) is 3.16. The number of benzene rings is 1. The highest BCUT2D eigenvalue weighted by molar-refractivity contribution is 9.10.